The summed E-state index contributed by atoms with van der Waals surface area (Å²) in [5.74, 6) is 2.02. The van der Waals surface area contributed by atoms with Gasteiger partial charge in [-0.1, -0.05) is 6.92 Å². The maximum atomic E-state index is 12.1. The highest BCUT2D eigenvalue weighted by Crippen LogP contribution is 2.35. The van der Waals surface area contributed by atoms with Gasteiger partial charge in [-0.2, -0.15) is 0 Å². The van der Waals surface area contributed by atoms with Crippen LogP contribution in [0.25, 0.3) is 0 Å². The molecular weight excluding hydrogens is 202 g/mol. The molecule has 1 aromatic heterocycles. The average Bonchev–Trinajstić information content (AvgIpc) is 3.04. The van der Waals surface area contributed by atoms with Gasteiger partial charge in [-0.3, -0.25) is 4.79 Å². The number of carbonyl (C=O) groups is 1. The van der Waals surface area contributed by atoms with Gasteiger partial charge >= 0.3 is 0 Å². The molecular formula is C13H19NO2. The largest absolute Gasteiger partial charge is 0.456 e. The van der Waals surface area contributed by atoms with Crippen molar-refractivity contribution in [2.75, 3.05) is 7.05 Å². The lowest BCUT2D eigenvalue weighted by molar-refractivity contribution is 0.0693. The van der Waals surface area contributed by atoms with Gasteiger partial charge in [0.25, 0.3) is 5.91 Å². The molecule has 1 atom stereocenters. The summed E-state index contributed by atoms with van der Waals surface area (Å²) in [5.41, 5.74) is 0. The Morgan fingerprint density at radius 1 is 1.56 bits per heavy atom. The van der Waals surface area contributed by atoms with Crippen LogP contribution in [0.5, 0.6) is 0 Å². The zero-order chi connectivity index (χ0) is 11.7. The molecule has 1 aliphatic carbocycles. The first-order valence-electron chi connectivity index (χ1n) is 5.99. The minimum atomic E-state index is -0.000833. The van der Waals surface area contributed by atoms with E-state index in [0.717, 1.165) is 12.2 Å². The van der Waals surface area contributed by atoms with E-state index in [-0.39, 0.29) is 5.91 Å². The quantitative estimate of drug-likeness (QED) is 0.783. The maximum absolute atomic E-state index is 12.1. The molecule has 1 fully saturated rings. The molecule has 1 aliphatic rings. The smallest absolute Gasteiger partial charge is 0.289 e. The number of nitrogens with zero attached hydrogens (tertiary/aromatic N) is 1. The second-order valence-corrected chi connectivity index (χ2v) is 4.61. The number of rotatable bonds is 4. The van der Waals surface area contributed by atoms with Gasteiger partial charge in [0.2, 0.25) is 0 Å². The Morgan fingerprint density at radius 2 is 2.25 bits per heavy atom. The Labute approximate surface area is 96.4 Å². The van der Waals surface area contributed by atoms with Crippen LogP contribution in [0.15, 0.2) is 16.5 Å². The van der Waals surface area contributed by atoms with E-state index in [9.17, 15) is 4.79 Å². The van der Waals surface area contributed by atoms with Crippen LogP contribution in [-0.4, -0.2) is 23.9 Å². The van der Waals surface area contributed by atoms with E-state index in [1.165, 1.54) is 12.8 Å². The zero-order valence-electron chi connectivity index (χ0n) is 10.2. The van der Waals surface area contributed by atoms with Crippen molar-refractivity contribution in [2.24, 2.45) is 5.92 Å². The molecule has 88 valence electrons. The van der Waals surface area contributed by atoms with Crippen molar-refractivity contribution < 1.29 is 9.21 Å². The van der Waals surface area contributed by atoms with Crippen LogP contribution in [0, 0.1) is 5.92 Å². The summed E-state index contributed by atoms with van der Waals surface area (Å²) in [6.07, 6.45) is 3.32. The Balaban J connectivity index is 2.05. The first kappa shape index (κ1) is 11.2. The molecule has 0 N–H and O–H groups in total. The van der Waals surface area contributed by atoms with Crippen molar-refractivity contribution in [3.63, 3.8) is 0 Å². The molecule has 0 saturated heterocycles. The number of carbonyl (C=O) groups excluding carboxylic acids is 1. The zero-order valence-corrected chi connectivity index (χ0v) is 10.2. The lowest BCUT2D eigenvalue weighted by Crippen LogP contribution is -2.36. The Hall–Kier alpha value is -1.25. The molecule has 0 aliphatic heterocycles. The van der Waals surface area contributed by atoms with E-state index in [2.05, 4.69) is 6.92 Å². The third-order valence-electron chi connectivity index (χ3n) is 3.46. The van der Waals surface area contributed by atoms with Gasteiger partial charge in [0.1, 0.15) is 5.76 Å². The van der Waals surface area contributed by atoms with E-state index in [0.29, 0.717) is 17.7 Å². The van der Waals surface area contributed by atoms with E-state index < -0.39 is 0 Å². The van der Waals surface area contributed by atoms with Gasteiger partial charge in [0.05, 0.1) is 0 Å². The van der Waals surface area contributed by atoms with E-state index >= 15 is 0 Å². The van der Waals surface area contributed by atoms with Gasteiger partial charge in [0.15, 0.2) is 5.76 Å². The fraction of sp³-hybridized carbons (Fsp3) is 0.615. The predicted molar refractivity (Wildman–Crippen MR) is 62.4 cm³/mol. The lowest BCUT2D eigenvalue weighted by Gasteiger charge is -2.23. The first-order chi connectivity index (χ1) is 7.63. The SMILES string of the molecule is CCc1ccc(C(=O)N(C)[C@H](C)C2CC2)o1. The maximum Gasteiger partial charge on any atom is 0.289 e. The van der Waals surface area contributed by atoms with Crippen LogP contribution >= 0.6 is 0 Å². The average molecular weight is 221 g/mol. The third kappa shape index (κ3) is 2.13. The van der Waals surface area contributed by atoms with Gasteiger partial charge in [-0.15, -0.1) is 0 Å². The Morgan fingerprint density at radius 3 is 2.75 bits per heavy atom. The van der Waals surface area contributed by atoms with Crippen molar-refractivity contribution >= 4 is 5.91 Å². The van der Waals surface area contributed by atoms with Crippen LogP contribution in [0.4, 0.5) is 0 Å². The molecule has 3 nitrogen and oxygen atoms in total. The molecule has 3 heteroatoms. The first-order valence-corrected chi connectivity index (χ1v) is 5.99. The molecule has 0 bridgehead atoms. The molecule has 0 aromatic carbocycles. The third-order valence-corrected chi connectivity index (χ3v) is 3.46. The second-order valence-electron chi connectivity index (χ2n) is 4.61. The van der Waals surface area contributed by atoms with Crippen molar-refractivity contribution in [3.05, 3.63) is 23.7 Å². The number of amides is 1. The summed E-state index contributed by atoms with van der Waals surface area (Å²) in [6, 6.07) is 3.97. The van der Waals surface area contributed by atoms with Crippen molar-refractivity contribution in [2.45, 2.75) is 39.2 Å². The number of hydrogen-bond acceptors (Lipinski definition) is 2. The molecule has 1 amide bonds. The summed E-state index contributed by atoms with van der Waals surface area (Å²) in [5, 5.41) is 0. The summed E-state index contributed by atoms with van der Waals surface area (Å²) >= 11 is 0. The van der Waals surface area contributed by atoms with Crippen LogP contribution in [0.3, 0.4) is 0 Å². The Bertz CT molecular complexity index is 379. The van der Waals surface area contributed by atoms with Gasteiger partial charge in [-0.25, -0.2) is 0 Å². The number of aryl methyl sites for hydroxylation is 1. The van der Waals surface area contributed by atoms with E-state index in [1.807, 2.05) is 20.0 Å². The van der Waals surface area contributed by atoms with Crippen LogP contribution in [-0.2, 0) is 6.42 Å². The molecule has 0 unspecified atom stereocenters. The predicted octanol–water partition coefficient (Wildman–Crippen LogP) is 2.71. The van der Waals surface area contributed by atoms with Crippen molar-refractivity contribution in [1.29, 1.82) is 0 Å². The fourth-order valence-corrected chi connectivity index (χ4v) is 1.94. The van der Waals surface area contributed by atoms with E-state index in [4.69, 9.17) is 4.42 Å². The highest BCUT2D eigenvalue weighted by Gasteiger charge is 2.33. The van der Waals surface area contributed by atoms with Crippen LogP contribution in [0.2, 0.25) is 0 Å². The molecule has 0 radical (unpaired) electrons. The van der Waals surface area contributed by atoms with Gasteiger partial charge in [-0.05, 0) is 37.8 Å². The van der Waals surface area contributed by atoms with Crippen molar-refractivity contribution in [1.82, 2.24) is 4.90 Å². The lowest BCUT2D eigenvalue weighted by atomic mass is 10.2. The standard InChI is InChI=1S/C13H19NO2/c1-4-11-7-8-12(16-11)13(15)14(3)9(2)10-5-6-10/h7-10H,4-6H2,1-3H3/t9-/m1/s1. The second kappa shape index (κ2) is 4.32. The topological polar surface area (TPSA) is 33.5 Å². The fourth-order valence-electron chi connectivity index (χ4n) is 1.94. The Kier molecular flexibility index (Phi) is 3.03. The summed E-state index contributed by atoms with van der Waals surface area (Å²) < 4.78 is 5.47. The summed E-state index contributed by atoms with van der Waals surface area (Å²) in [6.45, 7) is 4.13. The minimum absolute atomic E-state index is 0.000833. The number of furan rings is 1. The highest BCUT2D eigenvalue weighted by molar-refractivity contribution is 5.91. The van der Waals surface area contributed by atoms with Crippen molar-refractivity contribution in [3.8, 4) is 0 Å². The van der Waals surface area contributed by atoms with Gasteiger partial charge < -0.3 is 9.32 Å². The molecule has 16 heavy (non-hydrogen) atoms. The molecule has 2 rings (SSSR count). The number of hydrogen-bond donors (Lipinski definition) is 0. The van der Waals surface area contributed by atoms with Gasteiger partial charge in [0, 0.05) is 19.5 Å². The summed E-state index contributed by atoms with van der Waals surface area (Å²) in [7, 11) is 1.86. The minimum Gasteiger partial charge on any atom is -0.456 e. The van der Waals surface area contributed by atoms with E-state index in [1.54, 1.807) is 11.0 Å². The van der Waals surface area contributed by atoms with Crippen LogP contribution in [0.1, 0.15) is 43.0 Å². The molecule has 1 aromatic rings. The van der Waals surface area contributed by atoms with Crippen LogP contribution < -0.4 is 0 Å². The molecule has 0 spiro atoms. The monoisotopic (exact) mass is 221 g/mol. The molecule has 1 heterocycles. The molecule has 1 saturated carbocycles. The highest BCUT2D eigenvalue weighted by atomic mass is 16.4. The summed E-state index contributed by atoms with van der Waals surface area (Å²) in [4.78, 5) is 13.9. The normalized spacial score (nSPS) is 17.2.